The van der Waals surface area contributed by atoms with E-state index in [1.54, 1.807) is 11.6 Å². The van der Waals surface area contributed by atoms with Crippen molar-refractivity contribution in [1.29, 1.82) is 0 Å². The van der Waals surface area contributed by atoms with E-state index < -0.39 is 11.6 Å². The molecule has 0 amide bonds. The average molecular weight is 281 g/mol. The molecule has 0 aliphatic rings. The summed E-state index contributed by atoms with van der Waals surface area (Å²) in [5, 5.41) is 7.65. The lowest BCUT2D eigenvalue weighted by Crippen LogP contribution is -2.07. The molecule has 0 saturated carbocycles. The predicted molar refractivity (Wildman–Crippen MR) is 67.1 cm³/mol. The Hall–Kier alpha value is -2.09. The first-order chi connectivity index (χ1) is 9.08. The molecule has 3 rings (SSSR count). The summed E-state index contributed by atoms with van der Waals surface area (Å²) in [4.78, 5) is 2.84. The van der Waals surface area contributed by atoms with Gasteiger partial charge in [-0.15, -0.1) is 10.2 Å². The number of hydrogen-bond acceptors (Lipinski definition) is 3. The second-order valence-electron chi connectivity index (χ2n) is 4.13. The fraction of sp³-hybridized carbons (Fsp3) is 0.182. The monoisotopic (exact) mass is 281 g/mol. The van der Waals surface area contributed by atoms with Crippen LogP contribution in [0.25, 0.3) is 11.0 Å². The molecule has 98 valence electrons. The Morgan fingerprint density at radius 2 is 2.16 bits per heavy atom. The normalized spacial score (nSPS) is 11.3. The van der Waals surface area contributed by atoms with Gasteiger partial charge in [0.2, 0.25) is 0 Å². The van der Waals surface area contributed by atoms with Gasteiger partial charge >= 0.3 is 0 Å². The highest BCUT2D eigenvalue weighted by molar-refractivity contribution is 7.71. The Bertz CT molecular complexity index is 816. The summed E-state index contributed by atoms with van der Waals surface area (Å²) in [7, 11) is 1.77. The molecule has 0 bridgehead atoms. The number of benzene rings is 1. The van der Waals surface area contributed by atoms with E-state index in [1.165, 1.54) is 17.0 Å². The van der Waals surface area contributed by atoms with E-state index in [2.05, 4.69) is 15.2 Å². The minimum Gasteiger partial charge on any atom is -0.330 e. The molecule has 0 spiro atoms. The predicted octanol–water partition coefficient (Wildman–Crippen LogP) is 2.15. The Kier molecular flexibility index (Phi) is 2.67. The first-order valence-corrected chi connectivity index (χ1v) is 5.88. The molecule has 0 unspecified atom stereocenters. The first kappa shape index (κ1) is 12.0. The summed E-state index contributed by atoms with van der Waals surface area (Å²) in [5.74, 6) is -1.24. The zero-order chi connectivity index (χ0) is 13.6. The number of aromatic amines is 1. The lowest BCUT2D eigenvalue weighted by molar-refractivity contribution is 0.511. The van der Waals surface area contributed by atoms with Crippen LogP contribution in [0.3, 0.4) is 0 Å². The maximum atomic E-state index is 13.9. The number of fused-ring (bicyclic) bond motifs is 1. The fourth-order valence-electron chi connectivity index (χ4n) is 1.93. The molecule has 1 aromatic carbocycles. The quantitative estimate of drug-likeness (QED) is 0.732. The van der Waals surface area contributed by atoms with Crippen LogP contribution < -0.4 is 0 Å². The SMILES string of the molecule is Cn1cnnc1Cn1c(=S)[nH]c2ccc(F)c(F)c21. The Morgan fingerprint density at radius 1 is 1.37 bits per heavy atom. The van der Waals surface area contributed by atoms with Gasteiger partial charge in [0.1, 0.15) is 11.8 Å². The standard InChI is InChI=1S/C11H9F2N5S/c1-17-5-14-16-8(17)4-18-10-7(15-11(18)19)3-2-6(12)9(10)13/h2-3,5H,4H2,1H3,(H,15,19). The lowest BCUT2D eigenvalue weighted by Gasteiger charge is -2.04. The minimum atomic E-state index is -0.924. The van der Waals surface area contributed by atoms with Crippen LogP contribution in [0.4, 0.5) is 8.78 Å². The van der Waals surface area contributed by atoms with Gasteiger partial charge in [0.15, 0.2) is 22.2 Å². The van der Waals surface area contributed by atoms with Crippen molar-refractivity contribution >= 4 is 23.3 Å². The molecule has 0 saturated heterocycles. The van der Waals surface area contributed by atoms with E-state index in [1.807, 2.05) is 0 Å². The molecule has 0 fully saturated rings. The van der Waals surface area contributed by atoms with E-state index in [-0.39, 0.29) is 12.1 Å². The molecule has 0 aliphatic heterocycles. The number of rotatable bonds is 2. The van der Waals surface area contributed by atoms with Crippen molar-refractivity contribution in [2.24, 2.45) is 7.05 Å². The summed E-state index contributed by atoms with van der Waals surface area (Å²) in [5.41, 5.74) is 0.555. The van der Waals surface area contributed by atoms with Crippen molar-refractivity contribution in [3.8, 4) is 0 Å². The van der Waals surface area contributed by atoms with Crippen LogP contribution in [-0.4, -0.2) is 24.3 Å². The lowest BCUT2D eigenvalue weighted by atomic mass is 10.3. The van der Waals surface area contributed by atoms with Crippen molar-refractivity contribution in [1.82, 2.24) is 24.3 Å². The zero-order valence-electron chi connectivity index (χ0n) is 9.89. The van der Waals surface area contributed by atoms with Gasteiger partial charge < -0.3 is 14.1 Å². The van der Waals surface area contributed by atoms with Crippen LogP contribution in [0.2, 0.25) is 0 Å². The summed E-state index contributed by atoms with van der Waals surface area (Å²) < 4.78 is 30.7. The van der Waals surface area contributed by atoms with Gasteiger partial charge in [0.05, 0.1) is 12.1 Å². The van der Waals surface area contributed by atoms with Crippen molar-refractivity contribution in [3.05, 3.63) is 40.7 Å². The average Bonchev–Trinajstić information content (AvgIpc) is 2.91. The molecule has 0 atom stereocenters. The van der Waals surface area contributed by atoms with Crippen molar-refractivity contribution in [3.63, 3.8) is 0 Å². The van der Waals surface area contributed by atoms with Crippen molar-refractivity contribution in [2.45, 2.75) is 6.54 Å². The van der Waals surface area contributed by atoms with Crippen molar-refractivity contribution in [2.75, 3.05) is 0 Å². The molecule has 1 N–H and O–H groups in total. The summed E-state index contributed by atoms with van der Waals surface area (Å²) in [6, 6.07) is 2.52. The van der Waals surface area contributed by atoms with Gasteiger partial charge in [-0.1, -0.05) is 0 Å². The highest BCUT2D eigenvalue weighted by Crippen LogP contribution is 2.21. The molecule has 2 heterocycles. The van der Waals surface area contributed by atoms with Crippen molar-refractivity contribution < 1.29 is 8.78 Å². The number of aromatic nitrogens is 5. The third-order valence-electron chi connectivity index (χ3n) is 2.93. The second-order valence-corrected chi connectivity index (χ2v) is 4.52. The molecule has 5 nitrogen and oxygen atoms in total. The van der Waals surface area contributed by atoms with Gasteiger partial charge in [-0.3, -0.25) is 0 Å². The van der Waals surface area contributed by atoms with Crippen LogP contribution in [0, 0.1) is 16.4 Å². The molecule has 19 heavy (non-hydrogen) atoms. The van der Waals surface area contributed by atoms with E-state index in [9.17, 15) is 8.78 Å². The smallest absolute Gasteiger partial charge is 0.184 e. The zero-order valence-corrected chi connectivity index (χ0v) is 10.7. The molecule has 3 aromatic rings. The van der Waals surface area contributed by atoms with E-state index in [0.29, 0.717) is 16.1 Å². The van der Waals surface area contributed by atoms with E-state index >= 15 is 0 Å². The molecular formula is C11H9F2N5S. The van der Waals surface area contributed by atoms with Crippen LogP contribution in [0.15, 0.2) is 18.5 Å². The number of halogens is 2. The van der Waals surface area contributed by atoms with Gasteiger partial charge in [-0.05, 0) is 24.4 Å². The number of aryl methyl sites for hydroxylation is 1. The Balaban J connectivity index is 2.23. The maximum Gasteiger partial charge on any atom is 0.184 e. The molecule has 0 aliphatic carbocycles. The largest absolute Gasteiger partial charge is 0.330 e. The Morgan fingerprint density at radius 3 is 2.84 bits per heavy atom. The summed E-state index contributed by atoms with van der Waals surface area (Å²) >= 11 is 5.13. The van der Waals surface area contributed by atoms with Gasteiger partial charge in [-0.25, -0.2) is 8.78 Å². The van der Waals surface area contributed by atoms with Gasteiger partial charge in [0, 0.05) is 7.05 Å². The van der Waals surface area contributed by atoms with E-state index in [4.69, 9.17) is 12.2 Å². The number of H-pyrrole nitrogens is 1. The summed E-state index contributed by atoms with van der Waals surface area (Å²) in [6.45, 7) is 0.218. The Labute approximate surface area is 111 Å². The highest BCUT2D eigenvalue weighted by atomic mass is 32.1. The van der Waals surface area contributed by atoms with Crippen LogP contribution >= 0.6 is 12.2 Å². The van der Waals surface area contributed by atoms with Gasteiger partial charge in [-0.2, -0.15) is 0 Å². The molecular weight excluding hydrogens is 272 g/mol. The maximum absolute atomic E-state index is 13.9. The molecule has 2 aromatic heterocycles. The number of nitrogens with one attached hydrogen (secondary N) is 1. The first-order valence-electron chi connectivity index (χ1n) is 5.47. The highest BCUT2D eigenvalue weighted by Gasteiger charge is 2.15. The molecule has 8 heteroatoms. The number of imidazole rings is 1. The van der Waals surface area contributed by atoms with Crippen LogP contribution in [-0.2, 0) is 13.6 Å². The third kappa shape index (κ3) is 1.84. The van der Waals surface area contributed by atoms with Gasteiger partial charge in [0.25, 0.3) is 0 Å². The van der Waals surface area contributed by atoms with Crippen LogP contribution in [0.1, 0.15) is 5.82 Å². The minimum absolute atomic E-state index is 0.105. The fourth-order valence-corrected chi connectivity index (χ4v) is 2.20. The van der Waals surface area contributed by atoms with E-state index in [0.717, 1.165) is 6.07 Å². The number of hydrogen-bond donors (Lipinski definition) is 1. The second kappa shape index (κ2) is 4.23. The number of nitrogens with zero attached hydrogens (tertiary/aromatic N) is 4. The summed E-state index contributed by atoms with van der Waals surface area (Å²) in [6.07, 6.45) is 1.53. The third-order valence-corrected chi connectivity index (χ3v) is 3.25. The van der Waals surface area contributed by atoms with Crippen LogP contribution in [0.5, 0.6) is 0 Å². The molecule has 0 radical (unpaired) electrons. The topological polar surface area (TPSA) is 51.4 Å².